The van der Waals surface area contributed by atoms with Gasteiger partial charge in [-0.15, -0.1) is 25.5 Å². The minimum atomic E-state index is 0.852. The predicted octanol–water partition coefficient (Wildman–Crippen LogP) is 6.03. The molecule has 50 heavy (non-hydrogen) atoms. The highest BCUT2D eigenvalue weighted by Crippen LogP contribution is 2.13. The van der Waals surface area contributed by atoms with E-state index in [2.05, 4.69) is 70.9 Å². The van der Waals surface area contributed by atoms with Crippen LogP contribution in [0.1, 0.15) is 22.5 Å². The molecular weight excluding hydrogens is 630 g/mol. The molecule has 250 valence electrons. The van der Waals surface area contributed by atoms with E-state index in [1.54, 1.807) is 24.8 Å². The Kier molecular flexibility index (Phi) is 10.1. The number of nitrogens with one attached hydrogen (secondary N) is 4. The predicted molar refractivity (Wildman–Crippen MR) is 193 cm³/mol. The van der Waals surface area contributed by atoms with Crippen molar-refractivity contribution in [1.82, 2.24) is 75.5 Å². The summed E-state index contributed by atoms with van der Waals surface area (Å²) in [7, 11) is 1.96. The Bertz CT molecular complexity index is 2460. The molecule has 0 radical (unpaired) electrons. The van der Waals surface area contributed by atoms with Crippen LogP contribution in [0.15, 0.2) is 98.1 Å². The number of nitrogens with zero attached hydrogens (tertiary/aromatic N) is 11. The molecule has 0 amide bonds. The van der Waals surface area contributed by atoms with Crippen LogP contribution < -0.4 is 0 Å². The van der Waals surface area contributed by atoms with Crippen molar-refractivity contribution in [3.05, 3.63) is 121 Å². The Balaban J connectivity index is 0.000000108. The Morgan fingerprint density at radius 3 is 1.98 bits per heavy atom. The van der Waals surface area contributed by atoms with E-state index in [1.165, 1.54) is 5.56 Å². The van der Waals surface area contributed by atoms with E-state index < -0.39 is 0 Å². The summed E-state index contributed by atoms with van der Waals surface area (Å²) in [5, 5.41) is 44.2. The molecule has 0 atom stereocenters. The number of hydrogen-bond acceptors (Lipinski definition) is 10. The summed E-state index contributed by atoms with van der Waals surface area (Å²) in [5.41, 5.74) is 8.81. The summed E-state index contributed by atoms with van der Waals surface area (Å²) < 4.78 is 1.95. The van der Waals surface area contributed by atoms with E-state index >= 15 is 0 Å². The van der Waals surface area contributed by atoms with Gasteiger partial charge >= 0.3 is 0 Å². The largest absolute Gasteiger partial charge is 0.345 e. The van der Waals surface area contributed by atoms with Gasteiger partial charge in [0.25, 0.3) is 0 Å². The van der Waals surface area contributed by atoms with Crippen molar-refractivity contribution in [2.24, 2.45) is 7.05 Å². The van der Waals surface area contributed by atoms with Crippen molar-refractivity contribution in [2.45, 2.75) is 27.7 Å². The third kappa shape index (κ3) is 7.96. The Hall–Kier alpha value is -6.90. The van der Waals surface area contributed by atoms with Gasteiger partial charge in [0.15, 0.2) is 28.2 Å². The summed E-state index contributed by atoms with van der Waals surface area (Å²) in [4.78, 5) is 12.1. The summed E-state index contributed by atoms with van der Waals surface area (Å²) in [6.45, 7) is 7.99. The van der Waals surface area contributed by atoms with Gasteiger partial charge in [0, 0.05) is 64.5 Å². The van der Waals surface area contributed by atoms with Crippen molar-refractivity contribution < 1.29 is 0 Å². The average Bonchev–Trinajstić information content (AvgIpc) is 3.98. The second-order valence-electron chi connectivity index (χ2n) is 11.3. The zero-order valence-electron chi connectivity index (χ0n) is 28.2. The van der Waals surface area contributed by atoms with E-state index in [4.69, 9.17) is 0 Å². The maximum atomic E-state index is 3.95. The van der Waals surface area contributed by atoms with Gasteiger partial charge < -0.3 is 24.5 Å². The van der Waals surface area contributed by atoms with Crippen molar-refractivity contribution in [3.8, 4) is 0 Å². The van der Waals surface area contributed by atoms with Crippen LogP contribution in [0.4, 0.5) is 0 Å². The lowest BCUT2D eigenvalue weighted by Crippen LogP contribution is -1.88. The molecule has 0 aliphatic carbocycles. The highest BCUT2D eigenvalue weighted by molar-refractivity contribution is 5.79. The van der Waals surface area contributed by atoms with Crippen LogP contribution in [0.2, 0.25) is 0 Å². The molecule has 0 aliphatic heterocycles. The first kappa shape index (κ1) is 33.0. The summed E-state index contributed by atoms with van der Waals surface area (Å²) in [5.74, 6) is 0. The maximum Gasteiger partial charge on any atom is 0.162 e. The van der Waals surface area contributed by atoms with Gasteiger partial charge in [0.05, 0.1) is 30.5 Å². The molecule has 0 fully saturated rings. The molecule has 4 N–H and O–H groups in total. The molecule has 15 heteroatoms. The summed E-state index contributed by atoms with van der Waals surface area (Å²) in [6.07, 6.45) is 14.5. The fourth-order valence-corrected chi connectivity index (χ4v) is 4.99. The lowest BCUT2D eigenvalue weighted by molar-refractivity contribution is 0.917. The van der Waals surface area contributed by atoms with E-state index in [-0.39, 0.29) is 0 Å². The number of fused-ring (bicyclic) bond motifs is 5. The summed E-state index contributed by atoms with van der Waals surface area (Å²) >= 11 is 0. The van der Waals surface area contributed by atoms with Crippen molar-refractivity contribution >= 4 is 55.2 Å². The van der Waals surface area contributed by atoms with Crippen molar-refractivity contribution in [2.75, 3.05) is 0 Å². The molecule has 0 unspecified atom stereocenters. The standard InChI is InChI=1S/5C7H7N3/c1-10-5-3-6-2-4-8-9-7(6)10;1-5-4-8-7-6(5)2-3-9-10-7;1-5-4-9-10-7-6(5)2-3-8-7;1-5-4-6-2-3-8-10-7(6)9-5;1-5-4-6-2-3-8-7(6)10-9-5/h2-5H,1H3;2*2-4H,1H3,(H,8,10);2-4H,1H3,(H,9,10);2-4H,1H3,(H,8,10). The molecule has 15 nitrogen and oxygen atoms in total. The third-order valence-electron chi connectivity index (χ3n) is 7.54. The number of H-pyrrole nitrogens is 4. The molecule has 0 saturated carbocycles. The monoisotopic (exact) mass is 665 g/mol. The van der Waals surface area contributed by atoms with Gasteiger partial charge in [0.2, 0.25) is 0 Å². The number of aromatic nitrogens is 15. The topological polar surface area (TPSA) is 197 Å². The van der Waals surface area contributed by atoms with Gasteiger partial charge in [-0.2, -0.15) is 25.5 Å². The number of aromatic amines is 4. The molecule has 0 bridgehead atoms. The van der Waals surface area contributed by atoms with Crippen LogP contribution in [-0.4, -0.2) is 75.5 Å². The number of rotatable bonds is 0. The van der Waals surface area contributed by atoms with E-state index in [0.717, 1.165) is 72.1 Å². The molecule has 10 aromatic rings. The van der Waals surface area contributed by atoms with E-state index in [0.29, 0.717) is 0 Å². The molecule has 10 rings (SSSR count). The zero-order valence-corrected chi connectivity index (χ0v) is 28.2. The molecule has 0 saturated heterocycles. The normalized spacial score (nSPS) is 10.5. The van der Waals surface area contributed by atoms with Crippen molar-refractivity contribution in [1.29, 1.82) is 0 Å². The second kappa shape index (κ2) is 15.3. The Morgan fingerprint density at radius 1 is 0.540 bits per heavy atom. The van der Waals surface area contributed by atoms with Crippen LogP contribution in [0, 0.1) is 27.7 Å². The molecular formula is C35H35N15. The van der Waals surface area contributed by atoms with E-state index in [1.807, 2.05) is 113 Å². The molecule has 0 aromatic carbocycles. The number of aryl methyl sites for hydroxylation is 5. The van der Waals surface area contributed by atoms with Crippen LogP contribution >= 0.6 is 0 Å². The van der Waals surface area contributed by atoms with Gasteiger partial charge in [-0.05, 0) is 87.4 Å². The van der Waals surface area contributed by atoms with Gasteiger partial charge in [-0.1, -0.05) is 0 Å². The third-order valence-corrected chi connectivity index (χ3v) is 7.54. The van der Waals surface area contributed by atoms with Gasteiger partial charge in [-0.25, -0.2) is 0 Å². The fourth-order valence-electron chi connectivity index (χ4n) is 4.99. The van der Waals surface area contributed by atoms with Crippen LogP contribution in [0.3, 0.4) is 0 Å². The molecule has 10 heterocycles. The SMILES string of the molecule is Cc1c[nH]c2nnccc12.Cc1cc2cc[nH]c2nn1.Cc1cc2ccnnc2[nH]1.Cc1cnnc2[nH]ccc12.Cn1ccc2ccnnc21. The minimum absolute atomic E-state index is 0.852. The molecule has 10 aromatic heterocycles. The summed E-state index contributed by atoms with van der Waals surface area (Å²) in [6, 6.07) is 15.9. The lowest BCUT2D eigenvalue weighted by atomic mass is 10.2. The first-order chi connectivity index (χ1) is 24.4. The lowest BCUT2D eigenvalue weighted by Gasteiger charge is -1.89. The van der Waals surface area contributed by atoms with Gasteiger partial charge in [-0.3, -0.25) is 0 Å². The quantitative estimate of drug-likeness (QED) is 0.148. The highest BCUT2D eigenvalue weighted by Gasteiger charge is 1.99. The fraction of sp³-hybridized carbons (Fsp3) is 0.143. The average molecular weight is 666 g/mol. The zero-order chi connectivity index (χ0) is 34.9. The van der Waals surface area contributed by atoms with Crippen LogP contribution in [0.5, 0.6) is 0 Å². The Morgan fingerprint density at radius 2 is 1.20 bits per heavy atom. The van der Waals surface area contributed by atoms with Crippen LogP contribution in [-0.2, 0) is 7.05 Å². The Labute approximate surface area is 285 Å². The molecule has 0 spiro atoms. The van der Waals surface area contributed by atoms with Crippen LogP contribution in [0.25, 0.3) is 55.2 Å². The smallest absolute Gasteiger partial charge is 0.162 e. The van der Waals surface area contributed by atoms with Gasteiger partial charge in [0.1, 0.15) is 0 Å². The molecule has 0 aliphatic rings. The maximum absolute atomic E-state index is 3.95. The number of hydrogen-bond donors (Lipinski definition) is 4. The minimum Gasteiger partial charge on any atom is -0.345 e. The first-order valence-corrected chi connectivity index (χ1v) is 15.6. The van der Waals surface area contributed by atoms with Crippen molar-refractivity contribution in [3.63, 3.8) is 0 Å². The first-order valence-electron chi connectivity index (χ1n) is 15.6. The second-order valence-corrected chi connectivity index (χ2v) is 11.3. The highest BCUT2D eigenvalue weighted by atomic mass is 15.2. The van der Waals surface area contributed by atoms with E-state index in [9.17, 15) is 0 Å².